The van der Waals surface area contributed by atoms with Crippen LogP contribution in [0.3, 0.4) is 0 Å². The lowest BCUT2D eigenvalue weighted by molar-refractivity contribution is -0.384. The van der Waals surface area contributed by atoms with Crippen LogP contribution >= 0.6 is 23.2 Å². The van der Waals surface area contributed by atoms with Crippen LogP contribution in [0.1, 0.15) is 10.4 Å². The van der Waals surface area contributed by atoms with Gasteiger partial charge < -0.3 is 5.73 Å². The minimum Gasteiger partial charge on any atom is -0.398 e. The molecule has 1 aromatic rings. The molecule has 1 aromatic carbocycles. The Morgan fingerprint density at radius 2 is 2.13 bits per heavy atom. The topological polar surface area (TPSA) is 86.2 Å². The number of nitro groups is 1. The number of nitrogens with zero attached hydrogens (tertiary/aromatic N) is 1. The van der Waals surface area contributed by atoms with Crippen molar-refractivity contribution in [2.75, 3.05) is 11.6 Å². The molecule has 0 heterocycles. The quantitative estimate of drug-likeness (QED) is 0.292. The molecule has 0 atom stereocenters. The van der Waals surface area contributed by atoms with Gasteiger partial charge in [0.2, 0.25) is 0 Å². The van der Waals surface area contributed by atoms with Gasteiger partial charge in [0, 0.05) is 17.3 Å². The Bertz CT molecular complexity index is 434. The highest BCUT2D eigenvalue weighted by Crippen LogP contribution is 2.29. The lowest BCUT2D eigenvalue weighted by Gasteiger charge is -2.03. The Kier molecular flexibility index (Phi) is 3.49. The first-order valence-corrected chi connectivity index (χ1v) is 4.71. The fourth-order valence-corrected chi connectivity index (χ4v) is 1.42. The molecular weight excluding hydrogens is 243 g/mol. The molecule has 0 unspecified atom stereocenters. The fourth-order valence-electron chi connectivity index (χ4n) is 1.03. The summed E-state index contributed by atoms with van der Waals surface area (Å²) < 4.78 is 0. The smallest absolute Gasteiger partial charge is 0.288 e. The van der Waals surface area contributed by atoms with Gasteiger partial charge >= 0.3 is 0 Å². The molecule has 0 aliphatic rings. The number of halogens is 2. The molecule has 0 bridgehead atoms. The van der Waals surface area contributed by atoms with E-state index < -0.39 is 10.7 Å². The number of ketones is 1. The summed E-state index contributed by atoms with van der Waals surface area (Å²) in [5.41, 5.74) is 5.21. The van der Waals surface area contributed by atoms with Crippen LogP contribution in [-0.2, 0) is 0 Å². The number of benzene rings is 1. The van der Waals surface area contributed by atoms with Gasteiger partial charge in [-0.05, 0) is 6.07 Å². The van der Waals surface area contributed by atoms with Crippen molar-refractivity contribution in [1.29, 1.82) is 0 Å². The van der Waals surface area contributed by atoms with Gasteiger partial charge in [0.15, 0.2) is 5.78 Å². The molecule has 0 aliphatic carbocycles. The number of carbonyl (C=O) groups is 1. The van der Waals surface area contributed by atoms with Gasteiger partial charge in [0.25, 0.3) is 5.69 Å². The van der Waals surface area contributed by atoms with E-state index in [2.05, 4.69) is 0 Å². The Morgan fingerprint density at radius 1 is 1.53 bits per heavy atom. The van der Waals surface area contributed by atoms with Crippen molar-refractivity contribution in [1.82, 2.24) is 0 Å². The molecule has 1 rings (SSSR count). The lowest BCUT2D eigenvalue weighted by atomic mass is 10.1. The van der Waals surface area contributed by atoms with E-state index >= 15 is 0 Å². The molecular formula is C8H6Cl2N2O3. The number of Topliss-reactive ketones (excluding diaryl/α,β-unsaturated/α-hetero) is 1. The number of hydrogen-bond donors (Lipinski definition) is 1. The largest absolute Gasteiger partial charge is 0.398 e. The van der Waals surface area contributed by atoms with Gasteiger partial charge in [-0.3, -0.25) is 14.9 Å². The maximum atomic E-state index is 11.2. The zero-order chi connectivity index (χ0) is 11.6. The summed E-state index contributed by atoms with van der Waals surface area (Å²) in [4.78, 5) is 21.1. The third kappa shape index (κ3) is 2.37. The van der Waals surface area contributed by atoms with Crippen LogP contribution in [0.25, 0.3) is 0 Å². The molecule has 0 radical (unpaired) electrons. The van der Waals surface area contributed by atoms with E-state index in [1.165, 1.54) is 6.07 Å². The molecule has 7 heteroatoms. The molecule has 5 nitrogen and oxygen atoms in total. The van der Waals surface area contributed by atoms with E-state index in [1.807, 2.05) is 0 Å². The Morgan fingerprint density at radius 3 is 2.60 bits per heavy atom. The third-order valence-corrected chi connectivity index (χ3v) is 2.28. The van der Waals surface area contributed by atoms with Crippen LogP contribution in [0, 0.1) is 10.1 Å². The van der Waals surface area contributed by atoms with E-state index in [1.54, 1.807) is 0 Å². The number of anilines is 1. The second-order valence-electron chi connectivity index (χ2n) is 2.70. The summed E-state index contributed by atoms with van der Waals surface area (Å²) in [5, 5.41) is 10.4. The number of nitrogens with two attached hydrogens (primary N) is 1. The summed E-state index contributed by atoms with van der Waals surface area (Å²) in [7, 11) is 0. The summed E-state index contributed by atoms with van der Waals surface area (Å²) in [6.45, 7) is 0. The molecule has 0 amide bonds. The van der Waals surface area contributed by atoms with Crippen molar-refractivity contribution in [3.05, 3.63) is 32.8 Å². The van der Waals surface area contributed by atoms with E-state index in [-0.39, 0.29) is 27.8 Å². The van der Waals surface area contributed by atoms with Crippen LogP contribution in [0.2, 0.25) is 5.02 Å². The van der Waals surface area contributed by atoms with Crippen molar-refractivity contribution >= 4 is 40.4 Å². The Hall–Kier alpha value is -1.33. The summed E-state index contributed by atoms with van der Waals surface area (Å²) in [5.74, 6) is -0.767. The number of alkyl halides is 1. The summed E-state index contributed by atoms with van der Waals surface area (Å²) in [6.07, 6.45) is 0. The van der Waals surface area contributed by atoms with Crippen LogP contribution in [0.15, 0.2) is 12.1 Å². The average Bonchev–Trinajstić information content (AvgIpc) is 2.16. The molecule has 0 aliphatic heterocycles. The zero-order valence-corrected chi connectivity index (χ0v) is 8.88. The van der Waals surface area contributed by atoms with Gasteiger partial charge in [0.1, 0.15) is 5.02 Å². The molecule has 15 heavy (non-hydrogen) atoms. The maximum Gasteiger partial charge on any atom is 0.288 e. The minimum absolute atomic E-state index is 0.0149. The SMILES string of the molecule is Nc1cc(Cl)c([N+](=O)[O-])cc1C(=O)CCl. The zero-order valence-electron chi connectivity index (χ0n) is 7.37. The highest BCUT2D eigenvalue weighted by Gasteiger charge is 2.18. The first kappa shape index (κ1) is 11.7. The van der Waals surface area contributed by atoms with Crippen molar-refractivity contribution in [2.24, 2.45) is 0 Å². The van der Waals surface area contributed by atoms with Crippen molar-refractivity contribution in [3.63, 3.8) is 0 Å². The predicted octanol–water partition coefficient (Wildman–Crippen LogP) is 2.25. The van der Waals surface area contributed by atoms with Crippen LogP contribution < -0.4 is 5.73 Å². The number of nitro benzene ring substituents is 1. The highest BCUT2D eigenvalue weighted by molar-refractivity contribution is 6.34. The van der Waals surface area contributed by atoms with Crippen LogP contribution in [-0.4, -0.2) is 16.6 Å². The lowest BCUT2D eigenvalue weighted by Crippen LogP contribution is -2.06. The van der Waals surface area contributed by atoms with Crippen molar-refractivity contribution < 1.29 is 9.72 Å². The molecule has 0 aromatic heterocycles. The first-order chi connectivity index (χ1) is 6.97. The number of carbonyl (C=O) groups excluding carboxylic acids is 1. The van der Waals surface area contributed by atoms with Gasteiger partial charge in [-0.1, -0.05) is 11.6 Å². The Balaban J connectivity index is 3.36. The van der Waals surface area contributed by atoms with Gasteiger partial charge in [0.05, 0.1) is 10.8 Å². The van der Waals surface area contributed by atoms with E-state index in [9.17, 15) is 14.9 Å². The summed E-state index contributed by atoms with van der Waals surface area (Å²) in [6, 6.07) is 2.20. The number of nitrogen functional groups attached to an aromatic ring is 1. The van der Waals surface area contributed by atoms with Gasteiger partial charge in [-0.25, -0.2) is 0 Å². The van der Waals surface area contributed by atoms with E-state index in [0.717, 1.165) is 6.07 Å². The minimum atomic E-state index is -0.688. The number of hydrogen-bond acceptors (Lipinski definition) is 4. The third-order valence-electron chi connectivity index (χ3n) is 1.74. The monoisotopic (exact) mass is 248 g/mol. The highest BCUT2D eigenvalue weighted by atomic mass is 35.5. The van der Waals surface area contributed by atoms with Crippen molar-refractivity contribution in [3.8, 4) is 0 Å². The van der Waals surface area contributed by atoms with Gasteiger partial charge in [-0.15, -0.1) is 11.6 Å². The second-order valence-corrected chi connectivity index (χ2v) is 3.38. The van der Waals surface area contributed by atoms with E-state index in [0.29, 0.717) is 0 Å². The standard InChI is InChI=1S/C8H6Cl2N2O3/c9-3-8(13)4-1-7(12(14)15)5(10)2-6(4)11/h1-2H,3,11H2. The molecule has 0 fully saturated rings. The number of rotatable bonds is 3. The maximum absolute atomic E-state index is 11.2. The van der Waals surface area contributed by atoms with Crippen molar-refractivity contribution in [2.45, 2.75) is 0 Å². The molecule has 80 valence electrons. The first-order valence-electron chi connectivity index (χ1n) is 3.80. The van der Waals surface area contributed by atoms with E-state index in [4.69, 9.17) is 28.9 Å². The normalized spacial score (nSPS) is 10.0. The van der Waals surface area contributed by atoms with Crippen LogP contribution in [0.5, 0.6) is 0 Å². The average molecular weight is 249 g/mol. The summed E-state index contributed by atoms with van der Waals surface area (Å²) >= 11 is 10.9. The predicted molar refractivity (Wildman–Crippen MR) is 57.6 cm³/mol. The molecule has 0 spiro atoms. The second kappa shape index (κ2) is 4.46. The molecule has 0 saturated heterocycles. The van der Waals surface area contributed by atoms with Crippen LogP contribution in [0.4, 0.5) is 11.4 Å². The van der Waals surface area contributed by atoms with Gasteiger partial charge in [-0.2, -0.15) is 0 Å². The fraction of sp³-hybridized carbons (Fsp3) is 0.125. The molecule has 0 saturated carbocycles. The molecule has 2 N–H and O–H groups in total. The Labute approximate surface area is 94.9 Å².